The van der Waals surface area contributed by atoms with Crippen LogP contribution in [0.15, 0.2) is 8.80 Å². The largest absolute Gasteiger partial charge is 0.406 e. The summed E-state index contributed by atoms with van der Waals surface area (Å²) in [7, 11) is -3.39. The zero-order valence-electron chi connectivity index (χ0n) is 13.5. The Kier molecular flexibility index (Phi) is 7.40. The monoisotopic (exact) mass is 361 g/mol. The van der Waals surface area contributed by atoms with Gasteiger partial charge in [0, 0.05) is 0 Å². The molecule has 0 N–H and O–H groups in total. The highest BCUT2D eigenvalue weighted by atomic mass is 32.2. The first-order chi connectivity index (χ1) is 9.63. The molecule has 2 atom stereocenters. The second kappa shape index (κ2) is 7.67. The summed E-state index contributed by atoms with van der Waals surface area (Å²) in [5.74, 6) is 0. The van der Waals surface area contributed by atoms with Crippen molar-refractivity contribution in [1.29, 1.82) is 0 Å². The fraction of sp³-hybridized carbons (Fsp3) is 0.833. The predicted octanol–water partition coefficient (Wildman–Crippen LogP) is 2.83. The number of alkyl halides is 3. The number of nitrogens with zero attached hydrogens (tertiary/aromatic N) is 3. The van der Waals surface area contributed by atoms with Gasteiger partial charge in [0.2, 0.25) is 0 Å². The van der Waals surface area contributed by atoms with E-state index in [1.807, 2.05) is 0 Å². The Morgan fingerprint density at radius 3 is 1.41 bits per heavy atom. The van der Waals surface area contributed by atoms with E-state index in [4.69, 9.17) is 0 Å². The van der Waals surface area contributed by atoms with Crippen LogP contribution in [0.1, 0.15) is 41.5 Å². The Bertz CT molecular complexity index is 441. The molecule has 0 radical (unpaired) electrons. The minimum atomic E-state index is -4.50. The highest BCUT2D eigenvalue weighted by Crippen LogP contribution is 2.17. The van der Waals surface area contributed by atoms with E-state index in [1.165, 1.54) is 0 Å². The molecule has 2 unspecified atom stereocenters. The lowest BCUT2D eigenvalue weighted by molar-refractivity contribution is -0.131. The maximum Gasteiger partial charge on any atom is 0.406 e. The van der Waals surface area contributed by atoms with Crippen LogP contribution in [0.3, 0.4) is 0 Å². The van der Waals surface area contributed by atoms with Crippen LogP contribution in [-0.4, -0.2) is 48.2 Å². The van der Waals surface area contributed by atoms with Gasteiger partial charge in [-0.25, -0.2) is 8.42 Å². The van der Waals surface area contributed by atoms with Crippen molar-refractivity contribution >= 4 is 34.6 Å². The van der Waals surface area contributed by atoms with Crippen molar-refractivity contribution in [2.24, 2.45) is 8.80 Å². The minimum Gasteiger partial charge on any atom is -0.313 e. The van der Waals surface area contributed by atoms with Crippen LogP contribution in [0.5, 0.6) is 0 Å². The third-order valence-electron chi connectivity index (χ3n) is 1.99. The van der Waals surface area contributed by atoms with E-state index in [9.17, 15) is 21.6 Å². The van der Waals surface area contributed by atoms with E-state index in [1.54, 1.807) is 41.5 Å². The highest BCUT2D eigenvalue weighted by molar-refractivity contribution is 7.85. The summed E-state index contributed by atoms with van der Waals surface area (Å²) < 4.78 is 66.8. The van der Waals surface area contributed by atoms with Crippen LogP contribution in [0.25, 0.3) is 0 Å². The first-order valence-corrected chi connectivity index (χ1v) is 8.59. The van der Waals surface area contributed by atoms with Gasteiger partial charge in [0.25, 0.3) is 0 Å². The van der Waals surface area contributed by atoms with Crippen LogP contribution in [0.4, 0.5) is 13.2 Å². The molecule has 0 spiro atoms. The van der Waals surface area contributed by atoms with Crippen LogP contribution < -0.4 is 0 Å². The van der Waals surface area contributed by atoms with Crippen molar-refractivity contribution in [3.8, 4) is 0 Å². The fourth-order valence-corrected chi connectivity index (χ4v) is 1.89. The third-order valence-corrected chi connectivity index (χ3v) is 4.66. The maximum absolute atomic E-state index is 12.5. The van der Waals surface area contributed by atoms with Gasteiger partial charge in [-0.2, -0.15) is 22.0 Å². The molecule has 0 saturated carbocycles. The fourth-order valence-electron chi connectivity index (χ4n) is 0.841. The molecule has 0 aromatic rings. The van der Waals surface area contributed by atoms with Gasteiger partial charge in [0.05, 0.1) is 9.49 Å². The zero-order valence-corrected chi connectivity index (χ0v) is 15.1. The predicted molar refractivity (Wildman–Crippen MR) is 85.5 cm³/mol. The van der Waals surface area contributed by atoms with E-state index >= 15 is 0 Å². The summed E-state index contributed by atoms with van der Waals surface area (Å²) in [6, 6.07) is 0. The summed E-state index contributed by atoms with van der Waals surface area (Å²) in [6.07, 6.45) is -2.89. The average molecular weight is 361 g/mol. The Morgan fingerprint density at radius 1 is 0.864 bits per heavy atom. The summed E-state index contributed by atoms with van der Waals surface area (Å²) in [5, 5.41) is 0. The van der Waals surface area contributed by atoms with Crippen molar-refractivity contribution in [3.63, 3.8) is 0 Å². The SMILES string of the molecule is CC(C)(C)S(=O)/N=C/N(/C=N/S(=O)C(C)(C)C)CC(F)(F)F. The molecular formula is C12H22F3N3O2S2. The number of hydrogen-bond acceptors (Lipinski definition) is 2. The molecule has 0 aromatic heterocycles. The molecule has 0 aromatic carbocycles. The van der Waals surface area contributed by atoms with Crippen molar-refractivity contribution < 1.29 is 21.6 Å². The molecule has 0 fully saturated rings. The molecule has 0 aliphatic rings. The molecule has 0 heterocycles. The standard InChI is InChI=1S/C12H22F3N3O2S2/c1-10(2,3)21(19)16-8-18(7-12(13,14)15)9-17-22(20)11(4,5)6/h8-9H,7H2,1-6H3/b16-8+,17-9+. The molecule has 0 bridgehead atoms. The van der Waals surface area contributed by atoms with Gasteiger partial charge in [-0.05, 0) is 41.5 Å². The van der Waals surface area contributed by atoms with Gasteiger partial charge in [0.15, 0.2) is 0 Å². The van der Waals surface area contributed by atoms with E-state index < -0.39 is 44.2 Å². The molecule has 0 amide bonds. The first kappa shape index (κ1) is 21.2. The topological polar surface area (TPSA) is 62.1 Å². The van der Waals surface area contributed by atoms with E-state index in [2.05, 4.69) is 8.80 Å². The van der Waals surface area contributed by atoms with Gasteiger partial charge in [-0.3, -0.25) is 0 Å². The maximum atomic E-state index is 12.5. The van der Waals surface area contributed by atoms with Crippen LogP contribution in [-0.2, 0) is 22.0 Å². The molecule has 130 valence electrons. The van der Waals surface area contributed by atoms with Gasteiger partial charge in [-0.15, -0.1) is 0 Å². The average Bonchev–Trinajstić information content (AvgIpc) is 2.27. The first-order valence-electron chi connectivity index (χ1n) is 6.38. The number of hydrogen-bond donors (Lipinski definition) is 0. The number of halogens is 3. The molecule has 0 rings (SSSR count). The lowest BCUT2D eigenvalue weighted by Crippen LogP contribution is -2.33. The van der Waals surface area contributed by atoms with Crippen molar-refractivity contribution in [1.82, 2.24) is 4.90 Å². The Hall–Kier alpha value is -0.770. The molecular weight excluding hydrogens is 339 g/mol. The molecule has 22 heavy (non-hydrogen) atoms. The van der Waals surface area contributed by atoms with E-state index in [-0.39, 0.29) is 0 Å². The van der Waals surface area contributed by atoms with Gasteiger partial charge >= 0.3 is 6.18 Å². The van der Waals surface area contributed by atoms with E-state index in [0.29, 0.717) is 4.90 Å². The molecule has 0 saturated heterocycles. The molecule has 5 nitrogen and oxygen atoms in total. The second-order valence-electron chi connectivity index (χ2n) is 6.45. The van der Waals surface area contributed by atoms with Crippen molar-refractivity contribution in [2.45, 2.75) is 57.2 Å². The summed E-state index contributed by atoms with van der Waals surface area (Å²) in [5.41, 5.74) is 0. The lowest BCUT2D eigenvalue weighted by Gasteiger charge is -2.18. The Morgan fingerprint density at radius 2 is 1.18 bits per heavy atom. The number of rotatable bonds is 5. The zero-order chi connectivity index (χ0) is 17.8. The van der Waals surface area contributed by atoms with E-state index in [0.717, 1.165) is 12.7 Å². The quantitative estimate of drug-likeness (QED) is 0.559. The van der Waals surface area contributed by atoms with Crippen LogP contribution >= 0.6 is 0 Å². The van der Waals surface area contributed by atoms with Crippen LogP contribution in [0, 0.1) is 0 Å². The Balaban J connectivity index is 5.16. The van der Waals surface area contributed by atoms with Gasteiger partial charge in [-0.1, -0.05) is 0 Å². The smallest absolute Gasteiger partial charge is 0.313 e. The molecule has 10 heteroatoms. The normalized spacial score (nSPS) is 17.1. The van der Waals surface area contributed by atoms with Crippen molar-refractivity contribution in [2.75, 3.05) is 6.54 Å². The highest BCUT2D eigenvalue weighted by Gasteiger charge is 2.30. The molecule has 0 aliphatic heterocycles. The lowest BCUT2D eigenvalue weighted by atomic mass is 10.3. The van der Waals surface area contributed by atoms with Gasteiger partial charge < -0.3 is 4.90 Å². The third kappa shape index (κ3) is 9.29. The van der Waals surface area contributed by atoms with Crippen molar-refractivity contribution in [3.05, 3.63) is 0 Å². The molecule has 0 aliphatic carbocycles. The van der Waals surface area contributed by atoms with Gasteiger partial charge in [0.1, 0.15) is 41.2 Å². The summed E-state index contributed by atoms with van der Waals surface area (Å²) in [6.45, 7) is 8.54. The summed E-state index contributed by atoms with van der Waals surface area (Å²) >= 11 is 0. The minimum absolute atomic E-state index is 0.618. The van der Waals surface area contributed by atoms with Crippen LogP contribution in [0.2, 0.25) is 0 Å². The summed E-state index contributed by atoms with van der Waals surface area (Å²) in [4.78, 5) is 0.618. The Labute approximate surface area is 134 Å². The second-order valence-corrected chi connectivity index (χ2v) is 10.3.